The van der Waals surface area contributed by atoms with Crippen LogP contribution in [-0.4, -0.2) is 32.6 Å². The van der Waals surface area contributed by atoms with E-state index in [0.29, 0.717) is 17.5 Å². The van der Waals surface area contributed by atoms with Gasteiger partial charge >= 0.3 is 0 Å². The molecule has 0 fully saturated rings. The number of hydrogen-bond donors (Lipinski definition) is 2. The van der Waals surface area contributed by atoms with Crippen molar-refractivity contribution >= 4 is 23.6 Å². The summed E-state index contributed by atoms with van der Waals surface area (Å²) in [4.78, 5) is 15.6. The van der Waals surface area contributed by atoms with E-state index < -0.39 is 0 Å². The van der Waals surface area contributed by atoms with Gasteiger partial charge in [-0.2, -0.15) is 16.7 Å². The van der Waals surface area contributed by atoms with Crippen LogP contribution in [-0.2, 0) is 11.2 Å². The molecule has 5 nitrogen and oxygen atoms in total. The number of nitrogens with zero attached hydrogens (tertiary/aromatic N) is 2. The van der Waals surface area contributed by atoms with Gasteiger partial charge in [0.25, 0.3) is 0 Å². The zero-order valence-corrected chi connectivity index (χ0v) is 11.5. The summed E-state index contributed by atoms with van der Waals surface area (Å²) in [5.74, 6) is 2.29. The molecule has 6 heteroatoms. The Morgan fingerprint density at radius 3 is 2.84 bits per heavy atom. The van der Waals surface area contributed by atoms with E-state index in [9.17, 15) is 4.79 Å². The van der Waals surface area contributed by atoms with E-state index in [4.69, 9.17) is 0 Å². The van der Waals surface area contributed by atoms with Crippen LogP contribution in [0, 0.1) is 6.92 Å². The van der Waals surface area contributed by atoms with E-state index in [-0.39, 0.29) is 5.91 Å². The molecule has 0 aliphatic heterocycles. The lowest BCUT2D eigenvalue weighted by atomic mass is 10.2. The second-order valence-electron chi connectivity index (χ2n) is 4.08. The largest absolute Gasteiger partial charge is 0.293 e. The van der Waals surface area contributed by atoms with Gasteiger partial charge in [-0.25, -0.2) is 0 Å². The Morgan fingerprint density at radius 1 is 1.37 bits per heavy atom. The highest BCUT2D eigenvalue weighted by atomic mass is 32.2. The third kappa shape index (κ3) is 4.75. The molecule has 0 aliphatic rings. The van der Waals surface area contributed by atoms with Gasteiger partial charge in [0.05, 0.1) is 5.75 Å². The Balaban J connectivity index is 1.64. The van der Waals surface area contributed by atoms with Gasteiger partial charge in [0.15, 0.2) is 0 Å². The molecule has 1 aromatic heterocycles. The molecule has 0 unspecified atom stereocenters. The van der Waals surface area contributed by atoms with Crippen LogP contribution in [0.25, 0.3) is 0 Å². The van der Waals surface area contributed by atoms with Crippen molar-refractivity contribution in [3.63, 3.8) is 0 Å². The SMILES string of the molecule is Cc1nc(NC(=O)CSCCc2ccccc2)n[nH]1. The topological polar surface area (TPSA) is 70.7 Å². The van der Waals surface area contributed by atoms with Gasteiger partial charge in [0.2, 0.25) is 11.9 Å². The number of amides is 1. The summed E-state index contributed by atoms with van der Waals surface area (Å²) in [5.41, 5.74) is 1.29. The summed E-state index contributed by atoms with van der Waals surface area (Å²) in [6.45, 7) is 1.79. The van der Waals surface area contributed by atoms with Gasteiger partial charge in [0.1, 0.15) is 5.82 Å². The second-order valence-corrected chi connectivity index (χ2v) is 5.19. The Morgan fingerprint density at radius 2 is 2.16 bits per heavy atom. The first-order valence-electron chi connectivity index (χ1n) is 6.04. The summed E-state index contributed by atoms with van der Waals surface area (Å²) in [6.07, 6.45) is 0.971. The first kappa shape index (κ1) is 13.6. The molecule has 0 bridgehead atoms. The monoisotopic (exact) mass is 276 g/mol. The number of carbonyl (C=O) groups is 1. The number of hydrogen-bond acceptors (Lipinski definition) is 4. The third-order valence-electron chi connectivity index (χ3n) is 2.46. The lowest BCUT2D eigenvalue weighted by Gasteiger charge is -2.02. The van der Waals surface area contributed by atoms with Crippen LogP contribution in [0.15, 0.2) is 30.3 Å². The van der Waals surface area contributed by atoms with Crippen LogP contribution >= 0.6 is 11.8 Å². The Labute approximate surface area is 116 Å². The van der Waals surface area contributed by atoms with Crippen LogP contribution in [0.4, 0.5) is 5.95 Å². The van der Waals surface area contributed by atoms with E-state index in [1.54, 1.807) is 18.7 Å². The highest BCUT2D eigenvalue weighted by Gasteiger charge is 2.05. The van der Waals surface area contributed by atoms with Crippen molar-refractivity contribution in [2.45, 2.75) is 13.3 Å². The number of aryl methyl sites for hydroxylation is 2. The molecule has 2 N–H and O–H groups in total. The van der Waals surface area contributed by atoms with Gasteiger partial charge in [0, 0.05) is 0 Å². The maximum atomic E-state index is 11.6. The summed E-state index contributed by atoms with van der Waals surface area (Å²) in [7, 11) is 0. The molecule has 0 aliphatic carbocycles. The maximum absolute atomic E-state index is 11.6. The van der Waals surface area contributed by atoms with E-state index >= 15 is 0 Å². The molecule has 2 aromatic rings. The van der Waals surface area contributed by atoms with Crippen molar-refractivity contribution in [3.8, 4) is 0 Å². The summed E-state index contributed by atoms with van der Waals surface area (Å²) >= 11 is 1.60. The molecule has 0 saturated heterocycles. The number of aromatic nitrogens is 3. The molecule has 100 valence electrons. The average Bonchev–Trinajstić information content (AvgIpc) is 2.81. The number of aromatic amines is 1. The van der Waals surface area contributed by atoms with Gasteiger partial charge in [-0.05, 0) is 24.7 Å². The predicted octanol–water partition coefficient (Wildman–Crippen LogP) is 2.03. The number of benzene rings is 1. The Hall–Kier alpha value is -1.82. The quantitative estimate of drug-likeness (QED) is 0.792. The molecule has 1 amide bonds. The standard InChI is InChI=1S/C13H16N4OS/c1-10-14-13(17-16-10)15-12(18)9-19-8-7-11-5-3-2-4-6-11/h2-6H,7-9H2,1H3,(H2,14,15,16,17,18). The minimum absolute atomic E-state index is 0.0722. The van der Waals surface area contributed by atoms with Crippen molar-refractivity contribution in [2.75, 3.05) is 16.8 Å². The van der Waals surface area contributed by atoms with E-state index in [2.05, 4.69) is 32.6 Å². The maximum Gasteiger partial charge on any atom is 0.248 e. The van der Waals surface area contributed by atoms with Crippen molar-refractivity contribution in [3.05, 3.63) is 41.7 Å². The molecular weight excluding hydrogens is 260 g/mol. The van der Waals surface area contributed by atoms with Gasteiger partial charge < -0.3 is 0 Å². The number of H-pyrrole nitrogens is 1. The van der Waals surface area contributed by atoms with Gasteiger partial charge in [-0.3, -0.25) is 15.2 Å². The van der Waals surface area contributed by atoms with Crippen molar-refractivity contribution in [1.82, 2.24) is 15.2 Å². The first-order chi connectivity index (χ1) is 9.24. The summed E-state index contributed by atoms with van der Waals surface area (Å²) in [6, 6.07) is 10.2. The van der Waals surface area contributed by atoms with Crippen LogP contribution in [0.5, 0.6) is 0 Å². The number of carbonyl (C=O) groups excluding carboxylic acids is 1. The number of anilines is 1. The Kier molecular flexibility index (Phi) is 4.97. The smallest absolute Gasteiger partial charge is 0.248 e. The van der Waals surface area contributed by atoms with Gasteiger partial charge in [-0.1, -0.05) is 30.3 Å². The fourth-order valence-corrected chi connectivity index (χ4v) is 2.34. The lowest BCUT2D eigenvalue weighted by Crippen LogP contribution is -2.15. The highest BCUT2D eigenvalue weighted by molar-refractivity contribution is 7.99. The number of thioether (sulfide) groups is 1. The first-order valence-corrected chi connectivity index (χ1v) is 7.20. The molecule has 1 heterocycles. The van der Waals surface area contributed by atoms with Gasteiger partial charge in [-0.15, -0.1) is 5.10 Å². The molecule has 0 saturated carbocycles. The fraction of sp³-hybridized carbons (Fsp3) is 0.308. The summed E-state index contributed by atoms with van der Waals surface area (Å²) in [5, 5.41) is 9.18. The molecule has 0 radical (unpaired) electrons. The predicted molar refractivity (Wildman–Crippen MR) is 77.2 cm³/mol. The van der Waals surface area contributed by atoms with Crippen LogP contribution < -0.4 is 5.32 Å². The molecule has 0 spiro atoms. The zero-order chi connectivity index (χ0) is 13.5. The highest BCUT2D eigenvalue weighted by Crippen LogP contribution is 2.07. The Bertz CT molecular complexity index is 526. The molecular formula is C13H16N4OS. The molecule has 2 rings (SSSR count). The normalized spacial score (nSPS) is 10.4. The van der Waals surface area contributed by atoms with Crippen LogP contribution in [0.1, 0.15) is 11.4 Å². The van der Waals surface area contributed by atoms with E-state index in [1.807, 2.05) is 18.2 Å². The van der Waals surface area contributed by atoms with Crippen LogP contribution in [0.2, 0.25) is 0 Å². The number of nitrogens with one attached hydrogen (secondary N) is 2. The fourth-order valence-electron chi connectivity index (χ4n) is 1.56. The zero-order valence-electron chi connectivity index (χ0n) is 10.7. The van der Waals surface area contributed by atoms with E-state index in [0.717, 1.165) is 12.2 Å². The van der Waals surface area contributed by atoms with Crippen molar-refractivity contribution in [2.24, 2.45) is 0 Å². The molecule has 19 heavy (non-hydrogen) atoms. The lowest BCUT2D eigenvalue weighted by molar-refractivity contribution is -0.113. The minimum atomic E-state index is -0.0722. The second kappa shape index (κ2) is 6.94. The number of rotatable bonds is 6. The van der Waals surface area contributed by atoms with Crippen LogP contribution in [0.3, 0.4) is 0 Å². The average molecular weight is 276 g/mol. The molecule has 0 atom stereocenters. The van der Waals surface area contributed by atoms with Crippen molar-refractivity contribution < 1.29 is 4.79 Å². The van der Waals surface area contributed by atoms with Crippen molar-refractivity contribution in [1.29, 1.82) is 0 Å². The van der Waals surface area contributed by atoms with E-state index in [1.165, 1.54) is 5.56 Å². The third-order valence-corrected chi connectivity index (χ3v) is 3.42. The summed E-state index contributed by atoms with van der Waals surface area (Å²) < 4.78 is 0. The molecule has 1 aromatic carbocycles. The minimum Gasteiger partial charge on any atom is -0.293 e.